The zero-order chi connectivity index (χ0) is 19.2. The molecule has 0 spiro atoms. The monoisotopic (exact) mass is 379 g/mol. The highest BCUT2D eigenvalue weighted by Crippen LogP contribution is 2.37. The predicted molar refractivity (Wildman–Crippen MR) is 113 cm³/mol. The summed E-state index contributed by atoms with van der Waals surface area (Å²) in [5.74, 6) is 2.38. The lowest BCUT2D eigenvalue weighted by molar-refractivity contribution is -0.0840. The van der Waals surface area contributed by atoms with Gasteiger partial charge in [0.2, 0.25) is 0 Å². The summed E-state index contributed by atoms with van der Waals surface area (Å²) in [7, 11) is 0. The topological polar surface area (TPSA) is 21.3 Å². The highest BCUT2D eigenvalue weighted by atomic mass is 35.5. The molecule has 1 aromatic carbocycles. The standard InChI is InChI=1S/C23H38ClNO/c1-17(2)6-7-20(21-13-15-26-23(4,5)16-21)12-14-25-18(3)19-8-10-22(24)11-9-19/h8-11,17-18,20-21,25H,6-7,12-16H2,1-5H3/t18-,20+,21-/m0/s1. The molecule has 3 heteroatoms. The lowest BCUT2D eigenvalue weighted by Crippen LogP contribution is -2.37. The summed E-state index contributed by atoms with van der Waals surface area (Å²) < 4.78 is 5.96. The fraction of sp³-hybridized carbons (Fsp3) is 0.739. The van der Waals surface area contributed by atoms with E-state index in [1.807, 2.05) is 12.1 Å². The number of rotatable bonds is 9. The molecule has 0 saturated carbocycles. The Morgan fingerprint density at radius 3 is 2.42 bits per heavy atom. The second-order valence-corrected chi connectivity index (χ2v) is 9.54. The minimum Gasteiger partial charge on any atom is -0.376 e. The van der Waals surface area contributed by atoms with E-state index in [1.54, 1.807) is 0 Å². The minimum atomic E-state index is 0.0447. The minimum absolute atomic E-state index is 0.0447. The summed E-state index contributed by atoms with van der Waals surface area (Å²) in [6, 6.07) is 8.56. The maximum absolute atomic E-state index is 6.00. The van der Waals surface area contributed by atoms with Crippen molar-refractivity contribution < 1.29 is 4.74 Å². The van der Waals surface area contributed by atoms with E-state index < -0.39 is 0 Å². The molecule has 1 aromatic rings. The number of hydrogen-bond acceptors (Lipinski definition) is 2. The third-order valence-corrected chi connectivity index (χ3v) is 6.10. The van der Waals surface area contributed by atoms with E-state index >= 15 is 0 Å². The average Bonchev–Trinajstić information content (AvgIpc) is 2.57. The van der Waals surface area contributed by atoms with Crippen molar-refractivity contribution >= 4 is 11.6 Å². The Morgan fingerprint density at radius 1 is 1.12 bits per heavy atom. The van der Waals surface area contributed by atoms with Crippen LogP contribution in [0.1, 0.15) is 78.3 Å². The van der Waals surface area contributed by atoms with Crippen molar-refractivity contribution in [2.45, 2.75) is 78.4 Å². The van der Waals surface area contributed by atoms with Gasteiger partial charge in [-0.2, -0.15) is 0 Å². The van der Waals surface area contributed by atoms with Crippen LogP contribution in [0.3, 0.4) is 0 Å². The molecule has 26 heavy (non-hydrogen) atoms. The van der Waals surface area contributed by atoms with Crippen LogP contribution in [0.4, 0.5) is 0 Å². The molecule has 0 aliphatic carbocycles. The molecule has 2 rings (SSSR count). The number of ether oxygens (including phenoxy) is 1. The van der Waals surface area contributed by atoms with Crippen LogP contribution < -0.4 is 5.32 Å². The molecule has 0 amide bonds. The maximum atomic E-state index is 6.00. The van der Waals surface area contributed by atoms with Gasteiger partial charge in [-0.25, -0.2) is 0 Å². The number of hydrogen-bond donors (Lipinski definition) is 1. The van der Waals surface area contributed by atoms with Crippen LogP contribution in [0, 0.1) is 17.8 Å². The fourth-order valence-electron chi connectivity index (χ4n) is 4.20. The van der Waals surface area contributed by atoms with Gasteiger partial charge in [0.05, 0.1) is 5.60 Å². The van der Waals surface area contributed by atoms with Gasteiger partial charge in [0.25, 0.3) is 0 Å². The lowest BCUT2D eigenvalue weighted by Gasteiger charge is -2.39. The van der Waals surface area contributed by atoms with Crippen LogP contribution in [0.5, 0.6) is 0 Å². The van der Waals surface area contributed by atoms with Crippen molar-refractivity contribution in [2.75, 3.05) is 13.2 Å². The van der Waals surface area contributed by atoms with E-state index in [0.29, 0.717) is 6.04 Å². The molecular weight excluding hydrogens is 342 g/mol. The molecule has 1 N–H and O–H groups in total. The molecule has 1 saturated heterocycles. The van der Waals surface area contributed by atoms with Crippen molar-refractivity contribution in [1.29, 1.82) is 0 Å². The summed E-state index contributed by atoms with van der Waals surface area (Å²) in [5.41, 5.74) is 1.35. The summed E-state index contributed by atoms with van der Waals surface area (Å²) >= 11 is 6.00. The lowest BCUT2D eigenvalue weighted by atomic mass is 9.75. The van der Waals surface area contributed by atoms with Crippen molar-refractivity contribution in [3.05, 3.63) is 34.9 Å². The maximum Gasteiger partial charge on any atom is 0.0629 e. The van der Waals surface area contributed by atoms with Gasteiger partial charge in [-0.15, -0.1) is 0 Å². The molecule has 3 atom stereocenters. The van der Waals surface area contributed by atoms with Crippen molar-refractivity contribution in [3.63, 3.8) is 0 Å². The van der Waals surface area contributed by atoms with E-state index in [1.165, 1.54) is 37.7 Å². The first-order valence-corrected chi connectivity index (χ1v) is 10.8. The van der Waals surface area contributed by atoms with Crippen LogP contribution in [0.2, 0.25) is 5.02 Å². The molecule has 2 nitrogen and oxygen atoms in total. The molecule has 1 aliphatic rings. The molecule has 1 aliphatic heterocycles. The summed E-state index contributed by atoms with van der Waals surface area (Å²) in [4.78, 5) is 0. The third kappa shape index (κ3) is 7.21. The third-order valence-electron chi connectivity index (χ3n) is 5.85. The number of benzene rings is 1. The normalized spacial score (nSPS) is 22.3. The van der Waals surface area contributed by atoms with Gasteiger partial charge < -0.3 is 10.1 Å². The van der Waals surface area contributed by atoms with Crippen LogP contribution >= 0.6 is 11.6 Å². The summed E-state index contributed by atoms with van der Waals surface area (Å²) in [5, 5.41) is 4.52. The van der Waals surface area contributed by atoms with Crippen molar-refractivity contribution in [3.8, 4) is 0 Å². The molecule has 148 valence electrons. The summed E-state index contributed by atoms with van der Waals surface area (Å²) in [6.07, 6.45) is 6.34. The van der Waals surface area contributed by atoms with Gasteiger partial charge in [0.1, 0.15) is 0 Å². The van der Waals surface area contributed by atoms with Gasteiger partial charge in [0.15, 0.2) is 0 Å². The molecule has 0 bridgehead atoms. The Kier molecular flexibility index (Phi) is 8.44. The Bertz CT molecular complexity index is 526. The van der Waals surface area contributed by atoms with Gasteiger partial charge >= 0.3 is 0 Å². The molecule has 1 heterocycles. The van der Waals surface area contributed by atoms with E-state index in [2.05, 4.69) is 52.1 Å². The smallest absolute Gasteiger partial charge is 0.0629 e. The molecule has 1 fully saturated rings. The Morgan fingerprint density at radius 2 is 1.81 bits per heavy atom. The Balaban J connectivity index is 1.88. The van der Waals surface area contributed by atoms with Crippen molar-refractivity contribution in [1.82, 2.24) is 5.32 Å². The van der Waals surface area contributed by atoms with E-state index in [9.17, 15) is 0 Å². The van der Waals surface area contributed by atoms with Gasteiger partial charge in [-0.05, 0) is 88.4 Å². The Hall–Kier alpha value is -0.570. The zero-order valence-corrected chi connectivity index (χ0v) is 18.1. The molecule has 0 unspecified atom stereocenters. The average molecular weight is 380 g/mol. The first kappa shape index (κ1) is 21.7. The largest absolute Gasteiger partial charge is 0.376 e. The van der Waals surface area contributed by atoms with E-state index in [4.69, 9.17) is 16.3 Å². The first-order valence-electron chi connectivity index (χ1n) is 10.4. The quantitative estimate of drug-likeness (QED) is 0.519. The van der Waals surface area contributed by atoms with E-state index in [-0.39, 0.29) is 5.60 Å². The second kappa shape index (κ2) is 10.1. The summed E-state index contributed by atoms with van der Waals surface area (Å²) in [6.45, 7) is 13.4. The Labute approximate surface area is 166 Å². The molecular formula is C23H38ClNO. The molecule has 0 aromatic heterocycles. The van der Waals surface area contributed by atoms with Crippen LogP contribution in [-0.2, 0) is 4.74 Å². The highest BCUT2D eigenvalue weighted by molar-refractivity contribution is 6.30. The zero-order valence-electron chi connectivity index (χ0n) is 17.4. The van der Waals surface area contributed by atoms with Crippen molar-refractivity contribution in [2.24, 2.45) is 17.8 Å². The predicted octanol–water partition coefficient (Wildman–Crippen LogP) is 6.64. The van der Waals surface area contributed by atoms with E-state index in [0.717, 1.165) is 35.9 Å². The SMILES string of the molecule is CC(C)CC[C@H](CCN[C@@H](C)c1ccc(Cl)cc1)[C@H]1CCOC(C)(C)C1. The van der Waals surface area contributed by atoms with Gasteiger partial charge in [-0.3, -0.25) is 0 Å². The van der Waals surface area contributed by atoms with Gasteiger partial charge in [0, 0.05) is 17.7 Å². The number of halogens is 1. The van der Waals surface area contributed by atoms with Crippen LogP contribution in [0.25, 0.3) is 0 Å². The fourth-order valence-corrected chi connectivity index (χ4v) is 4.33. The molecule has 0 radical (unpaired) electrons. The van der Waals surface area contributed by atoms with Gasteiger partial charge in [-0.1, -0.05) is 44.0 Å². The number of nitrogens with one attached hydrogen (secondary N) is 1. The first-order chi connectivity index (χ1) is 12.3. The highest BCUT2D eigenvalue weighted by Gasteiger charge is 2.33. The van der Waals surface area contributed by atoms with Crippen LogP contribution in [0.15, 0.2) is 24.3 Å². The van der Waals surface area contributed by atoms with Crippen LogP contribution in [-0.4, -0.2) is 18.8 Å². The second-order valence-electron chi connectivity index (χ2n) is 9.11.